The Bertz CT molecular complexity index is 2330. The lowest BCUT2D eigenvalue weighted by Gasteiger charge is -2.35. The van der Waals surface area contributed by atoms with E-state index in [4.69, 9.17) is 0 Å². The molecule has 9 rings (SSSR count). The molecule has 0 N–H and O–H groups in total. The minimum absolute atomic E-state index is 0.104. The standard InChI is InChI=1S/C48H41N/c1-47(2)40-25-13-11-21-36(40)38-30-29-34(31-42(38)47)49(44-28-16-24-39-37-22-12-14-26-41(37)48(3,4)46(39)44)43-27-15-23-35(32-17-7-5-8-18-32)45(43)33-19-9-6-10-20-33/h5-9,11-19,21-31H,10,20H2,1-4H3. The molecule has 6 aromatic carbocycles. The average molecular weight is 632 g/mol. The molecule has 0 heterocycles. The van der Waals surface area contributed by atoms with Gasteiger partial charge in [-0.15, -0.1) is 0 Å². The van der Waals surface area contributed by atoms with E-state index in [2.05, 4.69) is 184 Å². The molecule has 0 bridgehead atoms. The van der Waals surface area contributed by atoms with Gasteiger partial charge >= 0.3 is 0 Å². The van der Waals surface area contributed by atoms with Crippen LogP contribution in [0, 0.1) is 0 Å². The van der Waals surface area contributed by atoms with Crippen LogP contribution in [0.1, 0.15) is 68.4 Å². The molecule has 0 aromatic heterocycles. The monoisotopic (exact) mass is 631 g/mol. The first-order valence-electron chi connectivity index (χ1n) is 17.7. The Morgan fingerprint density at radius 1 is 0.510 bits per heavy atom. The molecule has 0 atom stereocenters. The third kappa shape index (κ3) is 4.45. The molecule has 0 spiro atoms. The van der Waals surface area contributed by atoms with Gasteiger partial charge in [0.1, 0.15) is 0 Å². The molecular formula is C48H41N. The number of hydrogen-bond donors (Lipinski definition) is 0. The van der Waals surface area contributed by atoms with E-state index < -0.39 is 0 Å². The highest BCUT2D eigenvalue weighted by Crippen LogP contribution is 2.56. The van der Waals surface area contributed by atoms with Crippen molar-refractivity contribution in [1.82, 2.24) is 0 Å². The van der Waals surface area contributed by atoms with E-state index in [1.165, 1.54) is 83.8 Å². The minimum atomic E-state index is -0.170. The summed E-state index contributed by atoms with van der Waals surface area (Å²) >= 11 is 0. The highest BCUT2D eigenvalue weighted by atomic mass is 15.1. The molecule has 3 aliphatic carbocycles. The van der Waals surface area contributed by atoms with Gasteiger partial charge in [0.15, 0.2) is 0 Å². The van der Waals surface area contributed by atoms with Gasteiger partial charge in [-0.2, -0.15) is 0 Å². The summed E-state index contributed by atoms with van der Waals surface area (Å²) in [7, 11) is 0. The lowest BCUT2D eigenvalue weighted by atomic mass is 9.80. The summed E-state index contributed by atoms with van der Waals surface area (Å²) in [4.78, 5) is 2.59. The lowest BCUT2D eigenvalue weighted by Crippen LogP contribution is -2.22. The second kappa shape index (κ2) is 11.1. The third-order valence-electron chi connectivity index (χ3n) is 11.3. The topological polar surface area (TPSA) is 3.24 Å². The zero-order valence-corrected chi connectivity index (χ0v) is 28.8. The van der Waals surface area contributed by atoms with Crippen LogP contribution in [0.4, 0.5) is 17.1 Å². The van der Waals surface area contributed by atoms with Gasteiger partial charge in [0.25, 0.3) is 0 Å². The maximum atomic E-state index is 2.59. The van der Waals surface area contributed by atoms with Crippen LogP contribution in [-0.2, 0) is 10.8 Å². The van der Waals surface area contributed by atoms with Crippen LogP contribution in [0.2, 0.25) is 0 Å². The zero-order chi connectivity index (χ0) is 33.3. The molecular weight excluding hydrogens is 591 g/mol. The summed E-state index contributed by atoms with van der Waals surface area (Å²) in [5.41, 5.74) is 19.5. The lowest BCUT2D eigenvalue weighted by molar-refractivity contribution is 0.658. The molecule has 238 valence electrons. The number of hydrogen-bond acceptors (Lipinski definition) is 1. The van der Waals surface area contributed by atoms with Crippen molar-refractivity contribution in [3.8, 4) is 33.4 Å². The highest BCUT2D eigenvalue weighted by Gasteiger charge is 2.40. The van der Waals surface area contributed by atoms with Gasteiger partial charge in [0, 0.05) is 22.1 Å². The SMILES string of the molecule is CC1(C)c2ccccc2-c2ccc(N(c3cccc(-c4ccccc4)c3C3=CC=CCC3)c3cccc4c3C(C)(C)c3ccccc3-4)cc21. The van der Waals surface area contributed by atoms with E-state index in [0.717, 1.165) is 12.8 Å². The van der Waals surface area contributed by atoms with E-state index in [9.17, 15) is 0 Å². The van der Waals surface area contributed by atoms with Gasteiger partial charge in [-0.3, -0.25) is 0 Å². The number of rotatable bonds is 5. The predicted octanol–water partition coefficient (Wildman–Crippen LogP) is 13.2. The molecule has 0 fully saturated rings. The highest BCUT2D eigenvalue weighted by molar-refractivity contribution is 5.97. The molecule has 0 aliphatic heterocycles. The van der Waals surface area contributed by atoms with Crippen molar-refractivity contribution in [1.29, 1.82) is 0 Å². The van der Waals surface area contributed by atoms with Crippen LogP contribution in [-0.4, -0.2) is 0 Å². The molecule has 1 heteroatoms. The molecule has 3 aliphatic rings. The molecule has 6 aromatic rings. The van der Waals surface area contributed by atoms with Crippen LogP contribution < -0.4 is 4.90 Å². The van der Waals surface area contributed by atoms with Crippen molar-refractivity contribution < 1.29 is 0 Å². The quantitative estimate of drug-likeness (QED) is 0.183. The molecule has 1 nitrogen and oxygen atoms in total. The Balaban J connectivity index is 1.36. The van der Waals surface area contributed by atoms with E-state index >= 15 is 0 Å². The maximum absolute atomic E-state index is 2.59. The fourth-order valence-electron chi connectivity index (χ4n) is 8.98. The van der Waals surface area contributed by atoms with E-state index in [-0.39, 0.29) is 10.8 Å². The second-order valence-corrected chi connectivity index (χ2v) is 14.8. The van der Waals surface area contributed by atoms with Crippen molar-refractivity contribution >= 4 is 22.6 Å². The Hall–Kier alpha value is -5.40. The van der Waals surface area contributed by atoms with Gasteiger partial charge < -0.3 is 4.90 Å². The predicted molar refractivity (Wildman–Crippen MR) is 208 cm³/mol. The molecule has 0 unspecified atom stereocenters. The summed E-state index contributed by atoms with van der Waals surface area (Å²) < 4.78 is 0. The largest absolute Gasteiger partial charge is 0.310 e. The van der Waals surface area contributed by atoms with Gasteiger partial charge in [-0.1, -0.05) is 155 Å². The van der Waals surface area contributed by atoms with Gasteiger partial charge in [-0.05, 0) is 98.3 Å². The molecule has 0 amide bonds. The van der Waals surface area contributed by atoms with Crippen LogP contribution in [0.5, 0.6) is 0 Å². The summed E-state index contributed by atoms with van der Waals surface area (Å²) in [6.45, 7) is 9.56. The Kier molecular flexibility index (Phi) is 6.71. The van der Waals surface area contributed by atoms with Crippen LogP contribution >= 0.6 is 0 Å². The average Bonchev–Trinajstić information content (AvgIpc) is 3.52. The number of allylic oxidation sites excluding steroid dienone is 4. The fraction of sp³-hybridized carbons (Fsp3) is 0.167. The number of benzene rings is 6. The van der Waals surface area contributed by atoms with Gasteiger partial charge in [0.2, 0.25) is 0 Å². The molecule has 0 saturated heterocycles. The van der Waals surface area contributed by atoms with E-state index in [1.807, 2.05) is 0 Å². The Morgan fingerprint density at radius 3 is 1.86 bits per heavy atom. The smallest absolute Gasteiger partial charge is 0.0543 e. The van der Waals surface area contributed by atoms with Crippen molar-refractivity contribution in [2.75, 3.05) is 4.90 Å². The Labute approximate surface area is 290 Å². The maximum Gasteiger partial charge on any atom is 0.0543 e. The first kappa shape index (κ1) is 29.7. The fourth-order valence-corrected chi connectivity index (χ4v) is 8.98. The summed E-state index contributed by atoms with van der Waals surface area (Å²) in [6, 6.07) is 49.9. The number of nitrogens with zero attached hydrogens (tertiary/aromatic N) is 1. The third-order valence-corrected chi connectivity index (χ3v) is 11.3. The molecule has 0 saturated carbocycles. The first-order chi connectivity index (χ1) is 23.9. The summed E-state index contributed by atoms with van der Waals surface area (Å²) in [6.07, 6.45) is 8.92. The molecule has 0 radical (unpaired) electrons. The van der Waals surface area contributed by atoms with Crippen molar-refractivity contribution in [3.05, 3.63) is 180 Å². The van der Waals surface area contributed by atoms with Crippen molar-refractivity contribution in [2.24, 2.45) is 0 Å². The van der Waals surface area contributed by atoms with Crippen LogP contribution in [0.25, 0.3) is 39.0 Å². The van der Waals surface area contributed by atoms with Gasteiger partial charge in [0.05, 0.1) is 11.4 Å². The van der Waals surface area contributed by atoms with Crippen LogP contribution in [0.15, 0.2) is 152 Å². The van der Waals surface area contributed by atoms with E-state index in [1.54, 1.807) is 0 Å². The molecule has 49 heavy (non-hydrogen) atoms. The second-order valence-electron chi connectivity index (χ2n) is 14.8. The zero-order valence-electron chi connectivity index (χ0n) is 28.8. The van der Waals surface area contributed by atoms with E-state index in [0.29, 0.717) is 0 Å². The Morgan fingerprint density at radius 2 is 1.12 bits per heavy atom. The van der Waals surface area contributed by atoms with Gasteiger partial charge in [-0.25, -0.2) is 0 Å². The minimum Gasteiger partial charge on any atom is -0.310 e. The number of fused-ring (bicyclic) bond motifs is 6. The normalized spacial score (nSPS) is 16.0. The van der Waals surface area contributed by atoms with Crippen molar-refractivity contribution in [3.63, 3.8) is 0 Å². The van der Waals surface area contributed by atoms with Crippen molar-refractivity contribution in [2.45, 2.75) is 51.4 Å². The first-order valence-corrected chi connectivity index (χ1v) is 17.7. The summed E-state index contributed by atoms with van der Waals surface area (Å²) in [5, 5.41) is 0. The number of anilines is 3. The van der Waals surface area contributed by atoms with Crippen LogP contribution in [0.3, 0.4) is 0 Å². The summed E-state index contributed by atoms with van der Waals surface area (Å²) in [5.74, 6) is 0.